The molecule has 0 radical (unpaired) electrons. The number of hydrogen-bond acceptors (Lipinski definition) is 5. The summed E-state index contributed by atoms with van der Waals surface area (Å²) in [6.07, 6.45) is 3.06. The Morgan fingerprint density at radius 2 is 1.73 bits per heavy atom. The summed E-state index contributed by atoms with van der Waals surface area (Å²) in [7, 11) is 0. The molecule has 1 aliphatic heterocycles. The van der Waals surface area contributed by atoms with Crippen molar-refractivity contribution in [2.45, 2.75) is 25.9 Å². The molecular weight excluding hydrogens is 378 g/mol. The van der Waals surface area contributed by atoms with E-state index >= 15 is 0 Å². The van der Waals surface area contributed by atoms with Gasteiger partial charge >= 0.3 is 0 Å². The van der Waals surface area contributed by atoms with Crippen LogP contribution in [0.5, 0.6) is 5.75 Å². The first kappa shape index (κ1) is 20.0. The van der Waals surface area contributed by atoms with Gasteiger partial charge in [0.25, 0.3) is 5.91 Å². The van der Waals surface area contributed by atoms with E-state index in [9.17, 15) is 4.79 Å². The maximum absolute atomic E-state index is 11.9. The van der Waals surface area contributed by atoms with Gasteiger partial charge in [-0.05, 0) is 37.1 Å². The number of carbonyl (C=O) groups excluding carboxylic acids is 1. The number of nitrogens with zero attached hydrogens (tertiary/aromatic N) is 2. The van der Waals surface area contributed by atoms with E-state index in [1.54, 1.807) is 6.20 Å². The van der Waals surface area contributed by atoms with E-state index in [1.807, 2.05) is 19.1 Å². The molecule has 154 valence electrons. The fraction of sp³-hybridized carbons (Fsp3) is 0.292. The van der Waals surface area contributed by atoms with Crippen LogP contribution in [0.4, 0.5) is 0 Å². The minimum absolute atomic E-state index is 0.0985. The minimum atomic E-state index is -0.236. The van der Waals surface area contributed by atoms with Gasteiger partial charge < -0.3 is 14.8 Å². The lowest BCUT2D eigenvalue weighted by Gasteiger charge is -2.42. The van der Waals surface area contributed by atoms with Gasteiger partial charge in [0.05, 0.1) is 36.7 Å². The standard InChI is InChI=1S/C24H25N3O3/c1-3-26-23(28)22-13-25-12-20(27-22)14-30-21-10-8-19(9-11-21)24(15-29-16-24)18-6-4-17(2)5-7-18/h4-13H,3,14-16H2,1-2H3,(H,26,28). The molecule has 6 heteroatoms. The highest BCUT2D eigenvalue weighted by molar-refractivity contribution is 5.91. The lowest BCUT2D eigenvalue weighted by Crippen LogP contribution is -2.47. The molecule has 2 aromatic carbocycles. The van der Waals surface area contributed by atoms with E-state index in [2.05, 4.69) is 58.6 Å². The second-order valence-electron chi connectivity index (χ2n) is 7.51. The molecule has 1 amide bonds. The fourth-order valence-electron chi connectivity index (χ4n) is 3.54. The fourth-order valence-corrected chi connectivity index (χ4v) is 3.54. The second-order valence-corrected chi connectivity index (χ2v) is 7.51. The molecule has 2 heterocycles. The molecule has 0 unspecified atom stereocenters. The highest BCUT2D eigenvalue weighted by Crippen LogP contribution is 2.39. The average Bonchev–Trinajstić information content (AvgIpc) is 2.74. The van der Waals surface area contributed by atoms with Crippen LogP contribution in [-0.4, -0.2) is 35.6 Å². The Bertz CT molecular complexity index is 1010. The van der Waals surface area contributed by atoms with Crippen LogP contribution in [0.3, 0.4) is 0 Å². The van der Waals surface area contributed by atoms with E-state index in [0.29, 0.717) is 31.1 Å². The van der Waals surface area contributed by atoms with Gasteiger partial charge in [-0.25, -0.2) is 4.98 Å². The van der Waals surface area contributed by atoms with Crippen LogP contribution in [0, 0.1) is 6.92 Å². The molecule has 1 N–H and O–H groups in total. The topological polar surface area (TPSA) is 73.3 Å². The van der Waals surface area contributed by atoms with Crippen LogP contribution in [0.1, 0.15) is 39.8 Å². The molecule has 0 spiro atoms. The van der Waals surface area contributed by atoms with Gasteiger partial charge in [-0.3, -0.25) is 9.78 Å². The first-order valence-corrected chi connectivity index (χ1v) is 10.1. The highest BCUT2D eigenvalue weighted by atomic mass is 16.5. The van der Waals surface area contributed by atoms with E-state index < -0.39 is 0 Å². The Hall–Kier alpha value is -3.25. The third-order valence-electron chi connectivity index (χ3n) is 5.35. The van der Waals surface area contributed by atoms with Crippen LogP contribution in [0.15, 0.2) is 60.9 Å². The van der Waals surface area contributed by atoms with Crippen molar-refractivity contribution >= 4 is 5.91 Å². The number of amides is 1. The molecule has 0 atom stereocenters. The molecule has 3 aromatic rings. The maximum Gasteiger partial charge on any atom is 0.271 e. The zero-order valence-electron chi connectivity index (χ0n) is 17.2. The van der Waals surface area contributed by atoms with Crippen LogP contribution >= 0.6 is 0 Å². The Balaban J connectivity index is 1.45. The molecule has 4 rings (SSSR count). The minimum Gasteiger partial charge on any atom is -0.487 e. The number of carbonyl (C=O) groups is 1. The summed E-state index contributed by atoms with van der Waals surface area (Å²) in [6, 6.07) is 16.8. The number of rotatable bonds is 7. The van der Waals surface area contributed by atoms with Crippen molar-refractivity contribution in [1.29, 1.82) is 0 Å². The summed E-state index contributed by atoms with van der Waals surface area (Å²) < 4.78 is 11.4. The number of nitrogens with one attached hydrogen (secondary N) is 1. The number of ether oxygens (including phenoxy) is 2. The van der Waals surface area contributed by atoms with Crippen molar-refractivity contribution in [2.75, 3.05) is 19.8 Å². The van der Waals surface area contributed by atoms with Crippen molar-refractivity contribution in [3.05, 3.63) is 89.0 Å². The summed E-state index contributed by atoms with van der Waals surface area (Å²) in [6.45, 7) is 6.10. The Morgan fingerprint density at radius 1 is 1.07 bits per heavy atom. The Kier molecular flexibility index (Phi) is 5.77. The predicted molar refractivity (Wildman–Crippen MR) is 114 cm³/mol. The third kappa shape index (κ3) is 4.04. The number of aromatic nitrogens is 2. The summed E-state index contributed by atoms with van der Waals surface area (Å²) in [5.74, 6) is 0.503. The summed E-state index contributed by atoms with van der Waals surface area (Å²) in [5, 5.41) is 2.72. The van der Waals surface area contributed by atoms with E-state index in [-0.39, 0.29) is 17.9 Å². The Labute approximate surface area is 176 Å². The van der Waals surface area contributed by atoms with Crippen molar-refractivity contribution in [3.63, 3.8) is 0 Å². The van der Waals surface area contributed by atoms with Crippen LogP contribution in [-0.2, 0) is 16.8 Å². The van der Waals surface area contributed by atoms with Crippen LogP contribution in [0.25, 0.3) is 0 Å². The van der Waals surface area contributed by atoms with E-state index in [4.69, 9.17) is 9.47 Å². The summed E-state index contributed by atoms with van der Waals surface area (Å²) in [5.41, 5.74) is 4.52. The molecule has 1 aromatic heterocycles. The monoisotopic (exact) mass is 403 g/mol. The summed E-state index contributed by atoms with van der Waals surface area (Å²) >= 11 is 0. The molecule has 0 bridgehead atoms. The number of aryl methyl sites for hydroxylation is 1. The van der Waals surface area contributed by atoms with Gasteiger partial charge in [0, 0.05) is 6.54 Å². The van der Waals surface area contributed by atoms with Gasteiger partial charge in [-0.2, -0.15) is 0 Å². The normalized spacial score (nSPS) is 14.6. The van der Waals surface area contributed by atoms with Crippen molar-refractivity contribution < 1.29 is 14.3 Å². The predicted octanol–water partition coefficient (Wildman–Crippen LogP) is 3.43. The zero-order chi connectivity index (χ0) is 21.0. The van der Waals surface area contributed by atoms with Crippen molar-refractivity contribution in [1.82, 2.24) is 15.3 Å². The SMILES string of the molecule is CCNC(=O)c1cncc(COc2ccc(C3(c4ccc(C)cc4)COC3)cc2)n1. The van der Waals surface area contributed by atoms with Gasteiger partial charge in [-0.15, -0.1) is 0 Å². The first-order chi connectivity index (χ1) is 14.6. The highest BCUT2D eigenvalue weighted by Gasteiger charge is 2.41. The number of benzene rings is 2. The molecule has 30 heavy (non-hydrogen) atoms. The molecular formula is C24H25N3O3. The zero-order valence-corrected chi connectivity index (χ0v) is 17.2. The number of hydrogen-bond donors (Lipinski definition) is 1. The maximum atomic E-state index is 11.9. The van der Waals surface area contributed by atoms with Crippen LogP contribution in [0.2, 0.25) is 0 Å². The quantitative estimate of drug-likeness (QED) is 0.654. The van der Waals surface area contributed by atoms with Crippen molar-refractivity contribution in [2.24, 2.45) is 0 Å². The largest absolute Gasteiger partial charge is 0.487 e. The molecule has 1 fully saturated rings. The molecule has 6 nitrogen and oxygen atoms in total. The molecule has 1 saturated heterocycles. The third-order valence-corrected chi connectivity index (χ3v) is 5.35. The molecule has 0 saturated carbocycles. The van der Waals surface area contributed by atoms with Gasteiger partial charge in [0.2, 0.25) is 0 Å². The average molecular weight is 403 g/mol. The van der Waals surface area contributed by atoms with Crippen molar-refractivity contribution in [3.8, 4) is 5.75 Å². The first-order valence-electron chi connectivity index (χ1n) is 10.1. The smallest absolute Gasteiger partial charge is 0.271 e. The van der Waals surface area contributed by atoms with Crippen LogP contribution < -0.4 is 10.1 Å². The van der Waals surface area contributed by atoms with E-state index in [1.165, 1.54) is 22.9 Å². The Morgan fingerprint density at radius 3 is 2.33 bits per heavy atom. The van der Waals surface area contributed by atoms with E-state index in [0.717, 1.165) is 5.75 Å². The van der Waals surface area contributed by atoms with Gasteiger partial charge in [-0.1, -0.05) is 42.0 Å². The lowest BCUT2D eigenvalue weighted by molar-refractivity contribution is -0.0380. The summed E-state index contributed by atoms with van der Waals surface area (Å²) in [4.78, 5) is 20.3. The van der Waals surface area contributed by atoms with Gasteiger partial charge in [0.1, 0.15) is 18.1 Å². The molecule has 1 aliphatic rings. The second kappa shape index (κ2) is 8.63. The lowest BCUT2D eigenvalue weighted by atomic mass is 9.73. The van der Waals surface area contributed by atoms with Gasteiger partial charge in [0.15, 0.2) is 0 Å². The molecule has 0 aliphatic carbocycles.